The second-order valence-electron chi connectivity index (χ2n) is 5.54. The number of rotatable bonds is 4. The van der Waals surface area contributed by atoms with Gasteiger partial charge in [-0.15, -0.1) is 0 Å². The van der Waals surface area contributed by atoms with E-state index in [-0.39, 0.29) is 0 Å². The summed E-state index contributed by atoms with van der Waals surface area (Å²) < 4.78 is 34.5. The lowest BCUT2D eigenvalue weighted by molar-refractivity contribution is 0.410. The summed E-state index contributed by atoms with van der Waals surface area (Å²) in [6, 6.07) is 7.12. The standard InChI is InChI=1S/C17H20BrNO3S/c1-10-6-7-14(9-15(10)18)19-23(20,21)17-11(2)8-16(22-5)12(3)13(17)4/h6-9,19H,1-5H3. The molecule has 0 saturated carbocycles. The fraction of sp³-hybridized carbons (Fsp3) is 0.294. The Kier molecular flexibility index (Phi) is 5.06. The van der Waals surface area contributed by atoms with Crippen molar-refractivity contribution in [3.8, 4) is 5.75 Å². The monoisotopic (exact) mass is 397 g/mol. The summed E-state index contributed by atoms with van der Waals surface area (Å²) in [4.78, 5) is 0.299. The highest BCUT2D eigenvalue weighted by atomic mass is 79.9. The molecule has 0 spiro atoms. The van der Waals surface area contributed by atoms with Crippen molar-refractivity contribution in [3.05, 3.63) is 51.0 Å². The van der Waals surface area contributed by atoms with Crippen molar-refractivity contribution in [3.63, 3.8) is 0 Å². The van der Waals surface area contributed by atoms with Crippen LogP contribution < -0.4 is 9.46 Å². The van der Waals surface area contributed by atoms with Crippen LogP contribution in [-0.4, -0.2) is 15.5 Å². The minimum absolute atomic E-state index is 0.299. The van der Waals surface area contributed by atoms with Gasteiger partial charge in [0.15, 0.2) is 0 Å². The topological polar surface area (TPSA) is 55.4 Å². The fourth-order valence-electron chi connectivity index (χ4n) is 2.51. The van der Waals surface area contributed by atoms with Gasteiger partial charge in [0, 0.05) is 10.2 Å². The first-order valence-corrected chi connectivity index (χ1v) is 9.38. The molecule has 0 unspecified atom stereocenters. The van der Waals surface area contributed by atoms with E-state index in [9.17, 15) is 8.42 Å². The lowest BCUT2D eigenvalue weighted by atomic mass is 10.1. The third-order valence-electron chi connectivity index (χ3n) is 3.89. The maximum absolute atomic E-state index is 12.8. The van der Waals surface area contributed by atoms with E-state index in [1.165, 1.54) is 0 Å². The van der Waals surface area contributed by atoms with Gasteiger partial charge >= 0.3 is 0 Å². The van der Waals surface area contributed by atoms with Crippen LogP contribution in [0.5, 0.6) is 5.75 Å². The van der Waals surface area contributed by atoms with Gasteiger partial charge in [0.05, 0.1) is 12.0 Å². The number of anilines is 1. The Balaban J connectivity index is 2.52. The van der Waals surface area contributed by atoms with Crippen molar-refractivity contribution < 1.29 is 13.2 Å². The second kappa shape index (κ2) is 6.53. The Bertz CT molecular complexity index is 861. The van der Waals surface area contributed by atoms with E-state index >= 15 is 0 Å². The zero-order chi connectivity index (χ0) is 17.4. The zero-order valence-electron chi connectivity index (χ0n) is 13.8. The van der Waals surface area contributed by atoms with E-state index in [0.29, 0.717) is 27.5 Å². The molecule has 1 N–H and O–H groups in total. The molecule has 2 aromatic carbocycles. The smallest absolute Gasteiger partial charge is 0.262 e. The van der Waals surface area contributed by atoms with Crippen molar-refractivity contribution in [2.45, 2.75) is 32.6 Å². The molecule has 2 rings (SSSR count). The third kappa shape index (κ3) is 3.53. The Labute approximate surface area is 146 Å². The number of hydrogen-bond acceptors (Lipinski definition) is 3. The lowest BCUT2D eigenvalue weighted by Crippen LogP contribution is -2.16. The number of sulfonamides is 1. The molecule has 124 valence electrons. The molecule has 0 saturated heterocycles. The summed E-state index contributed by atoms with van der Waals surface area (Å²) in [6.45, 7) is 7.37. The maximum atomic E-state index is 12.8. The van der Waals surface area contributed by atoms with E-state index < -0.39 is 10.0 Å². The molecule has 0 atom stereocenters. The van der Waals surface area contributed by atoms with Gasteiger partial charge < -0.3 is 4.74 Å². The molecule has 4 nitrogen and oxygen atoms in total. The van der Waals surface area contributed by atoms with Gasteiger partial charge in [-0.05, 0) is 68.1 Å². The molecule has 6 heteroatoms. The largest absolute Gasteiger partial charge is 0.496 e. The number of ether oxygens (including phenoxy) is 1. The number of halogens is 1. The molecular formula is C17H20BrNO3S. The van der Waals surface area contributed by atoms with Crippen LogP contribution in [-0.2, 0) is 10.0 Å². The fourth-order valence-corrected chi connectivity index (χ4v) is 4.47. The number of hydrogen-bond donors (Lipinski definition) is 1. The predicted molar refractivity (Wildman–Crippen MR) is 96.9 cm³/mol. The van der Waals surface area contributed by atoms with Crippen LogP contribution in [0.3, 0.4) is 0 Å². The van der Waals surface area contributed by atoms with Crippen molar-refractivity contribution in [2.75, 3.05) is 11.8 Å². The van der Waals surface area contributed by atoms with Gasteiger partial charge in [-0.25, -0.2) is 8.42 Å². The molecule has 0 fully saturated rings. The minimum Gasteiger partial charge on any atom is -0.496 e. The predicted octanol–water partition coefficient (Wildman–Crippen LogP) is 4.49. The van der Waals surface area contributed by atoms with Gasteiger partial charge in [0.2, 0.25) is 0 Å². The number of methoxy groups -OCH3 is 1. The molecule has 0 radical (unpaired) electrons. The van der Waals surface area contributed by atoms with E-state index in [0.717, 1.165) is 15.6 Å². The maximum Gasteiger partial charge on any atom is 0.262 e. The van der Waals surface area contributed by atoms with Crippen LogP contribution in [0.1, 0.15) is 22.3 Å². The highest BCUT2D eigenvalue weighted by Crippen LogP contribution is 2.32. The Hall–Kier alpha value is -1.53. The average Bonchev–Trinajstić information content (AvgIpc) is 2.46. The summed E-state index contributed by atoms with van der Waals surface area (Å²) in [5.41, 5.74) is 3.74. The first-order valence-electron chi connectivity index (χ1n) is 7.11. The number of aryl methyl sites for hydroxylation is 2. The highest BCUT2D eigenvalue weighted by molar-refractivity contribution is 9.10. The van der Waals surface area contributed by atoms with Crippen LogP contribution in [0.15, 0.2) is 33.6 Å². The molecule has 0 amide bonds. The minimum atomic E-state index is -3.68. The SMILES string of the molecule is COc1cc(C)c(S(=O)(=O)Nc2ccc(C)c(Br)c2)c(C)c1C. The van der Waals surface area contributed by atoms with Crippen LogP contribution in [0.25, 0.3) is 0 Å². The molecule has 0 aliphatic rings. The number of benzene rings is 2. The van der Waals surface area contributed by atoms with Gasteiger partial charge in [-0.1, -0.05) is 22.0 Å². The third-order valence-corrected chi connectivity index (χ3v) is 6.42. The van der Waals surface area contributed by atoms with Crippen molar-refractivity contribution in [1.29, 1.82) is 0 Å². The molecule has 0 bridgehead atoms. The van der Waals surface area contributed by atoms with Crippen LogP contribution >= 0.6 is 15.9 Å². The van der Waals surface area contributed by atoms with Crippen molar-refractivity contribution >= 4 is 31.6 Å². The average molecular weight is 398 g/mol. The van der Waals surface area contributed by atoms with Crippen LogP contribution in [0, 0.1) is 27.7 Å². The van der Waals surface area contributed by atoms with Crippen molar-refractivity contribution in [1.82, 2.24) is 0 Å². The molecule has 0 aromatic heterocycles. The van der Waals surface area contributed by atoms with E-state index in [2.05, 4.69) is 20.7 Å². The van der Waals surface area contributed by atoms with E-state index in [1.54, 1.807) is 39.2 Å². The summed E-state index contributed by atoms with van der Waals surface area (Å²) >= 11 is 3.42. The normalized spacial score (nSPS) is 11.4. The first kappa shape index (κ1) is 17.8. The highest BCUT2D eigenvalue weighted by Gasteiger charge is 2.23. The van der Waals surface area contributed by atoms with Crippen molar-refractivity contribution in [2.24, 2.45) is 0 Å². The van der Waals surface area contributed by atoms with Crippen LogP contribution in [0.2, 0.25) is 0 Å². The first-order chi connectivity index (χ1) is 10.7. The Morgan fingerprint density at radius 3 is 2.22 bits per heavy atom. The van der Waals surface area contributed by atoms with E-state index in [4.69, 9.17) is 4.74 Å². The summed E-state index contributed by atoms with van der Waals surface area (Å²) in [7, 11) is -2.10. The molecule has 23 heavy (non-hydrogen) atoms. The Morgan fingerprint density at radius 2 is 1.65 bits per heavy atom. The molecular weight excluding hydrogens is 378 g/mol. The van der Waals surface area contributed by atoms with E-state index in [1.807, 2.05) is 19.9 Å². The quantitative estimate of drug-likeness (QED) is 0.826. The summed E-state index contributed by atoms with van der Waals surface area (Å²) in [5.74, 6) is 0.692. The zero-order valence-corrected chi connectivity index (χ0v) is 16.2. The van der Waals surface area contributed by atoms with Gasteiger partial charge in [0.1, 0.15) is 5.75 Å². The van der Waals surface area contributed by atoms with Gasteiger partial charge in [-0.3, -0.25) is 4.72 Å². The molecule has 2 aromatic rings. The lowest BCUT2D eigenvalue weighted by Gasteiger charge is -2.17. The number of nitrogens with one attached hydrogen (secondary N) is 1. The van der Waals surface area contributed by atoms with Crippen LogP contribution in [0.4, 0.5) is 5.69 Å². The molecule has 0 aliphatic heterocycles. The molecule has 0 heterocycles. The second-order valence-corrected chi connectivity index (χ2v) is 8.02. The summed E-state index contributed by atoms with van der Waals surface area (Å²) in [6.07, 6.45) is 0. The summed E-state index contributed by atoms with van der Waals surface area (Å²) in [5, 5.41) is 0. The van der Waals surface area contributed by atoms with Gasteiger partial charge in [0.25, 0.3) is 10.0 Å². The van der Waals surface area contributed by atoms with Gasteiger partial charge in [-0.2, -0.15) is 0 Å². The Morgan fingerprint density at radius 1 is 1.00 bits per heavy atom. The molecule has 0 aliphatic carbocycles.